The third-order valence-electron chi connectivity index (χ3n) is 2.48. The Bertz CT molecular complexity index is 298. The van der Waals surface area contributed by atoms with Crippen LogP contribution in [0, 0.1) is 5.92 Å². The quantitative estimate of drug-likeness (QED) is 0.911. The minimum atomic E-state index is 0.692. The van der Waals surface area contributed by atoms with Crippen LogP contribution in [0.1, 0.15) is 12.8 Å². The first-order valence-corrected chi connectivity index (χ1v) is 5.93. The summed E-state index contributed by atoms with van der Waals surface area (Å²) in [5.74, 6) is 1.39. The van der Waals surface area contributed by atoms with Crippen molar-refractivity contribution >= 4 is 21.9 Å². The first-order chi connectivity index (χ1) is 7.34. The lowest BCUT2D eigenvalue weighted by molar-refractivity contribution is 0.185. The fourth-order valence-corrected chi connectivity index (χ4v) is 1.81. The number of aromatic nitrogens is 2. The molecule has 1 saturated heterocycles. The van der Waals surface area contributed by atoms with Gasteiger partial charge in [0, 0.05) is 32.2 Å². The largest absolute Gasteiger partial charge is 0.381 e. The molecule has 5 heteroatoms. The molecule has 0 aromatic carbocycles. The maximum Gasteiger partial charge on any atom is 0.222 e. The Hall–Kier alpha value is -0.680. The van der Waals surface area contributed by atoms with Gasteiger partial charge in [-0.15, -0.1) is 0 Å². The van der Waals surface area contributed by atoms with Crippen molar-refractivity contribution in [2.75, 3.05) is 25.1 Å². The van der Waals surface area contributed by atoms with E-state index in [1.54, 1.807) is 12.4 Å². The van der Waals surface area contributed by atoms with Gasteiger partial charge in [0.1, 0.15) is 0 Å². The van der Waals surface area contributed by atoms with Crippen LogP contribution in [0.5, 0.6) is 0 Å². The second-order valence-corrected chi connectivity index (χ2v) is 4.59. The number of hydrogen-bond acceptors (Lipinski definition) is 4. The lowest BCUT2D eigenvalue weighted by atomic mass is 10.1. The van der Waals surface area contributed by atoms with Crippen LogP contribution in [0.15, 0.2) is 16.9 Å². The van der Waals surface area contributed by atoms with Crippen molar-refractivity contribution in [2.45, 2.75) is 12.8 Å². The zero-order valence-electron chi connectivity index (χ0n) is 8.45. The molecule has 1 aliphatic heterocycles. The molecule has 0 bridgehead atoms. The van der Waals surface area contributed by atoms with Gasteiger partial charge < -0.3 is 10.1 Å². The Morgan fingerprint density at radius 1 is 1.47 bits per heavy atom. The molecule has 1 aromatic rings. The fourth-order valence-electron chi connectivity index (χ4n) is 1.60. The zero-order chi connectivity index (χ0) is 10.5. The first kappa shape index (κ1) is 10.8. The number of hydrogen-bond donors (Lipinski definition) is 1. The summed E-state index contributed by atoms with van der Waals surface area (Å²) in [6.45, 7) is 2.73. The van der Waals surface area contributed by atoms with E-state index in [1.807, 2.05) is 0 Å². The molecule has 1 atom stereocenters. The Balaban J connectivity index is 1.71. The van der Waals surface area contributed by atoms with Crippen LogP contribution in [0.4, 0.5) is 5.95 Å². The minimum absolute atomic E-state index is 0.692. The second-order valence-electron chi connectivity index (χ2n) is 3.67. The van der Waals surface area contributed by atoms with Crippen LogP contribution in [-0.4, -0.2) is 29.7 Å². The molecule has 4 nitrogen and oxygen atoms in total. The smallest absolute Gasteiger partial charge is 0.222 e. The maximum absolute atomic E-state index is 5.31. The molecule has 2 rings (SSSR count). The van der Waals surface area contributed by atoms with Crippen molar-refractivity contribution in [1.82, 2.24) is 9.97 Å². The van der Waals surface area contributed by atoms with E-state index in [0.717, 1.165) is 30.7 Å². The lowest BCUT2D eigenvalue weighted by Crippen LogP contribution is -2.10. The van der Waals surface area contributed by atoms with E-state index in [2.05, 4.69) is 31.2 Å². The standard InChI is InChI=1S/C10H14BrN3O/c11-9-5-13-10(14-6-9)12-3-1-8-2-4-15-7-8/h5-6,8H,1-4,7H2,(H,12,13,14). The van der Waals surface area contributed by atoms with Crippen LogP contribution >= 0.6 is 15.9 Å². The molecular formula is C10H14BrN3O. The summed E-state index contributed by atoms with van der Waals surface area (Å²) in [5.41, 5.74) is 0. The Morgan fingerprint density at radius 2 is 2.27 bits per heavy atom. The summed E-state index contributed by atoms with van der Waals surface area (Å²) in [5, 5.41) is 3.20. The van der Waals surface area contributed by atoms with E-state index < -0.39 is 0 Å². The topological polar surface area (TPSA) is 47.0 Å². The van der Waals surface area contributed by atoms with Gasteiger partial charge in [0.05, 0.1) is 4.47 Å². The van der Waals surface area contributed by atoms with E-state index in [0.29, 0.717) is 11.9 Å². The van der Waals surface area contributed by atoms with Gasteiger partial charge in [-0.3, -0.25) is 0 Å². The first-order valence-electron chi connectivity index (χ1n) is 5.14. The molecule has 1 unspecified atom stereocenters. The number of rotatable bonds is 4. The van der Waals surface area contributed by atoms with Crippen molar-refractivity contribution in [3.8, 4) is 0 Å². The van der Waals surface area contributed by atoms with Crippen molar-refractivity contribution < 1.29 is 4.74 Å². The normalized spacial score (nSPS) is 20.5. The minimum Gasteiger partial charge on any atom is -0.381 e. The van der Waals surface area contributed by atoms with E-state index in [-0.39, 0.29) is 0 Å². The molecule has 0 aliphatic carbocycles. The molecule has 1 aromatic heterocycles. The highest BCUT2D eigenvalue weighted by Crippen LogP contribution is 2.16. The van der Waals surface area contributed by atoms with Gasteiger partial charge in [0.2, 0.25) is 5.95 Å². The molecule has 0 amide bonds. The predicted molar refractivity (Wildman–Crippen MR) is 61.8 cm³/mol. The molecule has 1 N–H and O–H groups in total. The second kappa shape index (κ2) is 5.42. The van der Waals surface area contributed by atoms with Gasteiger partial charge in [-0.1, -0.05) is 0 Å². The number of halogens is 1. The summed E-state index contributed by atoms with van der Waals surface area (Å²) in [7, 11) is 0. The highest BCUT2D eigenvalue weighted by Gasteiger charge is 2.14. The van der Waals surface area contributed by atoms with E-state index in [4.69, 9.17) is 4.74 Å². The third-order valence-corrected chi connectivity index (χ3v) is 2.89. The summed E-state index contributed by atoms with van der Waals surface area (Å²) in [6, 6.07) is 0. The fraction of sp³-hybridized carbons (Fsp3) is 0.600. The molecule has 0 spiro atoms. The van der Waals surface area contributed by atoms with Crippen molar-refractivity contribution in [3.05, 3.63) is 16.9 Å². The highest BCUT2D eigenvalue weighted by atomic mass is 79.9. The summed E-state index contributed by atoms with van der Waals surface area (Å²) < 4.78 is 6.21. The van der Waals surface area contributed by atoms with Crippen molar-refractivity contribution in [1.29, 1.82) is 0 Å². The highest BCUT2D eigenvalue weighted by molar-refractivity contribution is 9.10. The van der Waals surface area contributed by atoms with Gasteiger partial charge in [-0.25, -0.2) is 9.97 Å². The number of nitrogens with one attached hydrogen (secondary N) is 1. The molecule has 1 fully saturated rings. The third kappa shape index (κ3) is 3.43. The molecular weight excluding hydrogens is 258 g/mol. The van der Waals surface area contributed by atoms with E-state index in [1.165, 1.54) is 6.42 Å². The summed E-state index contributed by atoms with van der Waals surface area (Å²) >= 11 is 3.30. The molecule has 2 heterocycles. The van der Waals surface area contributed by atoms with Crippen LogP contribution in [0.3, 0.4) is 0 Å². The Kier molecular flexibility index (Phi) is 3.91. The summed E-state index contributed by atoms with van der Waals surface area (Å²) in [4.78, 5) is 8.28. The van der Waals surface area contributed by atoms with Crippen molar-refractivity contribution in [2.24, 2.45) is 5.92 Å². The van der Waals surface area contributed by atoms with Gasteiger partial charge in [-0.05, 0) is 34.7 Å². The molecule has 15 heavy (non-hydrogen) atoms. The SMILES string of the molecule is Brc1cnc(NCCC2CCOC2)nc1. The van der Waals surface area contributed by atoms with Crippen molar-refractivity contribution in [3.63, 3.8) is 0 Å². The lowest BCUT2D eigenvalue weighted by Gasteiger charge is -2.08. The van der Waals surface area contributed by atoms with Crippen LogP contribution in [0.2, 0.25) is 0 Å². The van der Waals surface area contributed by atoms with Gasteiger partial charge in [-0.2, -0.15) is 0 Å². The molecule has 1 aliphatic rings. The number of nitrogens with zero attached hydrogens (tertiary/aromatic N) is 2. The monoisotopic (exact) mass is 271 g/mol. The van der Waals surface area contributed by atoms with Crippen LogP contribution in [-0.2, 0) is 4.74 Å². The van der Waals surface area contributed by atoms with Gasteiger partial charge in [0.15, 0.2) is 0 Å². The average Bonchev–Trinajstić information content (AvgIpc) is 2.74. The predicted octanol–water partition coefficient (Wildman–Crippen LogP) is 2.08. The average molecular weight is 272 g/mol. The molecule has 0 saturated carbocycles. The van der Waals surface area contributed by atoms with Crippen LogP contribution in [0.25, 0.3) is 0 Å². The van der Waals surface area contributed by atoms with Crippen LogP contribution < -0.4 is 5.32 Å². The number of anilines is 1. The van der Waals surface area contributed by atoms with E-state index in [9.17, 15) is 0 Å². The molecule has 0 radical (unpaired) electrons. The summed E-state index contributed by atoms with van der Waals surface area (Å²) in [6.07, 6.45) is 5.80. The Labute approximate surface area is 97.6 Å². The Morgan fingerprint density at radius 3 is 2.93 bits per heavy atom. The zero-order valence-corrected chi connectivity index (χ0v) is 10.0. The number of ether oxygens (including phenoxy) is 1. The molecule has 82 valence electrons. The van der Waals surface area contributed by atoms with Gasteiger partial charge in [0.25, 0.3) is 0 Å². The van der Waals surface area contributed by atoms with Gasteiger partial charge >= 0.3 is 0 Å². The maximum atomic E-state index is 5.31. The van der Waals surface area contributed by atoms with E-state index >= 15 is 0 Å².